The van der Waals surface area contributed by atoms with Gasteiger partial charge >= 0.3 is 0 Å². The van der Waals surface area contributed by atoms with Crippen LogP contribution in [0.15, 0.2) is 69.9 Å². The topological polar surface area (TPSA) is 63.2 Å². The molecule has 32 heavy (non-hydrogen) atoms. The number of halogens is 1. The smallest absolute Gasteiger partial charge is 0.201 e. The van der Waals surface area contributed by atoms with Crippen molar-refractivity contribution in [2.75, 3.05) is 7.11 Å². The van der Waals surface area contributed by atoms with E-state index in [9.17, 15) is 9.18 Å². The van der Waals surface area contributed by atoms with Crippen molar-refractivity contribution in [2.24, 2.45) is 0 Å². The van der Waals surface area contributed by atoms with Gasteiger partial charge in [0.25, 0.3) is 0 Å². The first-order valence-electron chi connectivity index (χ1n) is 10.2. The standard InChI is InChI=1S/C27H20FNO3/c1-3-21-18(5-4-6-23(21)31-2)11-14-24-26(19-9-7-17(16-29)8-10-19)27(30)22-13-12-20(28)15-25(22)32-24/h4-15H,3H2,1-2H3. The Morgan fingerprint density at radius 3 is 2.56 bits per heavy atom. The molecule has 4 nitrogen and oxygen atoms in total. The normalized spacial score (nSPS) is 11.1. The number of hydrogen-bond acceptors (Lipinski definition) is 4. The molecule has 158 valence electrons. The van der Waals surface area contributed by atoms with Gasteiger partial charge in [0.1, 0.15) is 22.9 Å². The number of methoxy groups -OCH3 is 1. The lowest BCUT2D eigenvalue weighted by Crippen LogP contribution is -2.07. The van der Waals surface area contributed by atoms with Crippen LogP contribution in [0.2, 0.25) is 0 Å². The predicted octanol–water partition coefficient (Wildman–Crippen LogP) is 6.21. The number of fused-ring (bicyclic) bond motifs is 1. The molecule has 5 heteroatoms. The van der Waals surface area contributed by atoms with Crippen LogP contribution >= 0.6 is 0 Å². The molecular formula is C27H20FNO3. The second-order valence-corrected chi connectivity index (χ2v) is 7.22. The predicted molar refractivity (Wildman–Crippen MR) is 124 cm³/mol. The molecule has 0 unspecified atom stereocenters. The second kappa shape index (κ2) is 8.91. The molecule has 0 radical (unpaired) electrons. The van der Waals surface area contributed by atoms with Gasteiger partial charge in [-0.2, -0.15) is 5.26 Å². The number of benzene rings is 3. The summed E-state index contributed by atoms with van der Waals surface area (Å²) in [5, 5.41) is 9.38. The highest BCUT2D eigenvalue weighted by molar-refractivity contribution is 5.87. The van der Waals surface area contributed by atoms with E-state index in [0.717, 1.165) is 23.3 Å². The average Bonchev–Trinajstić information content (AvgIpc) is 2.82. The summed E-state index contributed by atoms with van der Waals surface area (Å²) < 4.78 is 25.3. The van der Waals surface area contributed by atoms with Crippen LogP contribution in [0.3, 0.4) is 0 Å². The van der Waals surface area contributed by atoms with Crippen LogP contribution in [0.1, 0.15) is 29.4 Å². The van der Waals surface area contributed by atoms with Crippen molar-refractivity contribution in [1.29, 1.82) is 5.26 Å². The minimum Gasteiger partial charge on any atom is -0.496 e. The maximum Gasteiger partial charge on any atom is 0.201 e. The van der Waals surface area contributed by atoms with Gasteiger partial charge in [-0.15, -0.1) is 0 Å². The van der Waals surface area contributed by atoms with E-state index in [2.05, 4.69) is 6.07 Å². The molecule has 0 saturated heterocycles. The van der Waals surface area contributed by atoms with Crippen molar-refractivity contribution in [3.8, 4) is 22.9 Å². The van der Waals surface area contributed by atoms with Crippen LogP contribution in [0.5, 0.6) is 5.75 Å². The lowest BCUT2D eigenvalue weighted by atomic mass is 9.99. The van der Waals surface area contributed by atoms with Crippen molar-refractivity contribution < 1.29 is 13.5 Å². The summed E-state index contributed by atoms with van der Waals surface area (Å²) in [6.07, 6.45) is 4.34. The van der Waals surface area contributed by atoms with Gasteiger partial charge in [-0.3, -0.25) is 4.79 Å². The third kappa shape index (κ3) is 3.91. The summed E-state index contributed by atoms with van der Waals surface area (Å²) in [6.45, 7) is 2.04. The van der Waals surface area contributed by atoms with E-state index in [1.807, 2.05) is 31.2 Å². The van der Waals surface area contributed by atoms with E-state index in [-0.39, 0.29) is 11.0 Å². The first kappa shape index (κ1) is 21.1. The molecule has 0 saturated carbocycles. The zero-order valence-electron chi connectivity index (χ0n) is 17.7. The van der Waals surface area contributed by atoms with Crippen LogP contribution in [0.25, 0.3) is 34.2 Å². The minimum atomic E-state index is -0.484. The first-order chi connectivity index (χ1) is 15.5. The van der Waals surface area contributed by atoms with E-state index in [4.69, 9.17) is 14.4 Å². The molecule has 0 aliphatic rings. The third-order valence-corrected chi connectivity index (χ3v) is 5.34. The third-order valence-electron chi connectivity index (χ3n) is 5.34. The average molecular weight is 425 g/mol. The van der Waals surface area contributed by atoms with E-state index in [0.29, 0.717) is 27.8 Å². The van der Waals surface area contributed by atoms with E-state index < -0.39 is 5.82 Å². The van der Waals surface area contributed by atoms with Crippen molar-refractivity contribution in [2.45, 2.75) is 13.3 Å². The molecule has 4 aromatic rings. The summed E-state index contributed by atoms with van der Waals surface area (Å²) in [5.41, 5.74) is 3.32. The molecule has 0 aliphatic heterocycles. The second-order valence-electron chi connectivity index (χ2n) is 7.22. The number of nitrogens with zero attached hydrogens (tertiary/aromatic N) is 1. The van der Waals surface area contributed by atoms with Gasteiger partial charge in [0, 0.05) is 11.6 Å². The summed E-state index contributed by atoms with van der Waals surface area (Å²) in [5.74, 6) is 0.606. The Morgan fingerprint density at radius 1 is 1.09 bits per heavy atom. The van der Waals surface area contributed by atoms with Crippen LogP contribution in [-0.4, -0.2) is 7.11 Å². The molecule has 0 spiro atoms. The number of hydrogen-bond donors (Lipinski definition) is 0. The van der Waals surface area contributed by atoms with Gasteiger partial charge in [0.2, 0.25) is 5.43 Å². The fourth-order valence-electron chi connectivity index (χ4n) is 3.76. The fraction of sp³-hybridized carbons (Fsp3) is 0.111. The Bertz CT molecular complexity index is 1430. The Labute approximate surface area is 184 Å². The maximum atomic E-state index is 13.8. The lowest BCUT2D eigenvalue weighted by molar-refractivity contribution is 0.410. The van der Waals surface area contributed by atoms with Crippen molar-refractivity contribution in [3.05, 3.63) is 99.2 Å². The zero-order valence-corrected chi connectivity index (χ0v) is 17.7. The molecule has 3 aromatic carbocycles. The summed E-state index contributed by atoms with van der Waals surface area (Å²) in [4.78, 5) is 13.3. The van der Waals surface area contributed by atoms with Gasteiger partial charge in [-0.1, -0.05) is 37.3 Å². The van der Waals surface area contributed by atoms with Gasteiger partial charge in [-0.05, 0) is 54.0 Å². The summed E-state index contributed by atoms with van der Waals surface area (Å²) >= 11 is 0. The molecule has 0 amide bonds. The number of ether oxygens (including phenoxy) is 1. The molecule has 0 fully saturated rings. The monoisotopic (exact) mass is 425 g/mol. The molecule has 0 aliphatic carbocycles. The first-order valence-corrected chi connectivity index (χ1v) is 10.2. The minimum absolute atomic E-state index is 0.174. The van der Waals surface area contributed by atoms with Gasteiger partial charge in [0.15, 0.2) is 0 Å². The SMILES string of the molecule is CCc1c(C=Cc2oc3cc(F)ccc3c(=O)c2-c2ccc(C#N)cc2)cccc1OC. The van der Waals surface area contributed by atoms with E-state index in [1.165, 1.54) is 18.2 Å². The molecular weight excluding hydrogens is 405 g/mol. The van der Waals surface area contributed by atoms with E-state index >= 15 is 0 Å². The molecule has 0 bridgehead atoms. The molecule has 4 rings (SSSR count). The lowest BCUT2D eigenvalue weighted by Gasteiger charge is -2.10. The highest BCUT2D eigenvalue weighted by Crippen LogP contribution is 2.29. The van der Waals surface area contributed by atoms with Gasteiger partial charge < -0.3 is 9.15 Å². The quantitative estimate of drug-likeness (QED) is 0.381. The van der Waals surface area contributed by atoms with Gasteiger partial charge in [-0.25, -0.2) is 4.39 Å². The fourth-order valence-corrected chi connectivity index (χ4v) is 3.76. The number of nitriles is 1. The maximum absolute atomic E-state index is 13.8. The largest absolute Gasteiger partial charge is 0.496 e. The Hall–Kier alpha value is -4.17. The molecule has 1 heterocycles. The van der Waals surface area contributed by atoms with Crippen molar-refractivity contribution >= 4 is 23.1 Å². The Kier molecular flexibility index (Phi) is 5.87. The van der Waals surface area contributed by atoms with Gasteiger partial charge in [0.05, 0.1) is 29.7 Å². The van der Waals surface area contributed by atoms with Crippen LogP contribution in [0, 0.1) is 17.1 Å². The Morgan fingerprint density at radius 2 is 1.88 bits per heavy atom. The summed E-state index contributed by atoms with van der Waals surface area (Å²) in [6, 6.07) is 18.4. The van der Waals surface area contributed by atoms with Crippen LogP contribution in [-0.2, 0) is 6.42 Å². The Balaban J connectivity index is 1.94. The van der Waals surface area contributed by atoms with Crippen LogP contribution in [0.4, 0.5) is 4.39 Å². The molecule has 1 aromatic heterocycles. The number of rotatable bonds is 5. The van der Waals surface area contributed by atoms with Crippen molar-refractivity contribution in [1.82, 2.24) is 0 Å². The molecule has 0 atom stereocenters. The highest BCUT2D eigenvalue weighted by atomic mass is 19.1. The molecule has 0 N–H and O–H groups in total. The van der Waals surface area contributed by atoms with Crippen molar-refractivity contribution in [3.63, 3.8) is 0 Å². The van der Waals surface area contributed by atoms with Crippen LogP contribution < -0.4 is 10.2 Å². The summed E-state index contributed by atoms with van der Waals surface area (Å²) in [7, 11) is 1.63. The highest BCUT2D eigenvalue weighted by Gasteiger charge is 2.16. The van der Waals surface area contributed by atoms with E-state index in [1.54, 1.807) is 37.5 Å². The zero-order chi connectivity index (χ0) is 22.7.